The quantitative estimate of drug-likeness (QED) is 0.847. The molecular weight excluding hydrogens is 312 g/mol. The van der Waals surface area contributed by atoms with Gasteiger partial charge in [0.05, 0.1) is 17.3 Å². The summed E-state index contributed by atoms with van der Waals surface area (Å²) in [7, 11) is 0. The minimum Gasteiger partial charge on any atom is -0.491 e. The summed E-state index contributed by atoms with van der Waals surface area (Å²) >= 11 is 1.56. The Hall–Kier alpha value is -1.92. The van der Waals surface area contributed by atoms with Crippen molar-refractivity contribution < 1.29 is 14.3 Å². The number of carbonyl (C=O) groups excluding carboxylic acids is 1. The number of hydrogen-bond donors (Lipinski definition) is 1. The van der Waals surface area contributed by atoms with E-state index in [0.717, 1.165) is 37.3 Å². The first-order valence-electron chi connectivity index (χ1n) is 7.81. The average molecular weight is 332 g/mol. The van der Waals surface area contributed by atoms with Crippen LogP contribution in [-0.4, -0.2) is 36.8 Å². The smallest absolute Gasteiger partial charge is 0.251 e. The minimum atomic E-state index is -0.0779. The Morgan fingerprint density at radius 2 is 2.26 bits per heavy atom. The molecule has 122 valence electrons. The van der Waals surface area contributed by atoms with Gasteiger partial charge in [0, 0.05) is 30.5 Å². The van der Waals surface area contributed by atoms with Crippen LogP contribution in [0.3, 0.4) is 0 Å². The van der Waals surface area contributed by atoms with Gasteiger partial charge in [-0.25, -0.2) is 4.98 Å². The number of aromatic nitrogens is 1. The zero-order valence-electron chi connectivity index (χ0n) is 12.9. The van der Waals surface area contributed by atoms with Crippen molar-refractivity contribution in [2.45, 2.75) is 25.4 Å². The fourth-order valence-corrected chi connectivity index (χ4v) is 3.03. The number of nitrogens with zero attached hydrogens (tertiary/aromatic N) is 1. The molecular formula is C17H20N2O3S. The maximum atomic E-state index is 12.1. The van der Waals surface area contributed by atoms with E-state index in [4.69, 9.17) is 9.47 Å². The minimum absolute atomic E-state index is 0.0779. The van der Waals surface area contributed by atoms with Crippen molar-refractivity contribution in [3.63, 3.8) is 0 Å². The van der Waals surface area contributed by atoms with E-state index in [9.17, 15) is 4.79 Å². The number of nitrogens with one attached hydrogen (secondary N) is 1. The van der Waals surface area contributed by atoms with Gasteiger partial charge in [0.25, 0.3) is 5.91 Å². The predicted molar refractivity (Wildman–Crippen MR) is 89.1 cm³/mol. The molecule has 5 nitrogen and oxygen atoms in total. The SMILES string of the molecule is O=C(NCCc1cscn1)c1ccc(OC[C@@H]2CCCO2)cc1. The topological polar surface area (TPSA) is 60.5 Å². The van der Waals surface area contributed by atoms with E-state index in [1.807, 2.05) is 17.5 Å². The molecule has 0 unspecified atom stereocenters. The van der Waals surface area contributed by atoms with E-state index in [1.54, 1.807) is 29.0 Å². The highest BCUT2D eigenvalue weighted by molar-refractivity contribution is 7.07. The van der Waals surface area contributed by atoms with Crippen LogP contribution in [0.15, 0.2) is 35.2 Å². The fourth-order valence-electron chi connectivity index (χ4n) is 2.43. The monoisotopic (exact) mass is 332 g/mol. The molecule has 3 rings (SSSR count). The largest absolute Gasteiger partial charge is 0.491 e. The first-order chi connectivity index (χ1) is 11.3. The van der Waals surface area contributed by atoms with Crippen LogP contribution >= 0.6 is 11.3 Å². The van der Waals surface area contributed by atoms with E-state index in [-0.39, 0.29) is 12.0 Å². The molecule has 1 aromatic carbocycles. The van der Waals surface area contributed by atoms with Gasteiger partial charge < -0.3 is 14.8 Å². The number of rotatable bonds is 7. The third kappa shape index (κ3) is 4.77. The number of hydrogen-bond acceptors (Lipinski definition) is 5. The van der Waals surface area contributed by atoms with Crippen LogP contribution in [-0.2, 0) is 11.2 Å². The zero-order valence-corrected chi connectivity index (χ0v) is 13.7. The highest BCUT2D eigenvalue weighted by Gasteiger charge is 2.16. The normalized spacial score (nSPS) is 17.1. The molecule has 0 aliphatic carbocycles. The van der Waals surface area contributed by atoms with Crippen LogP contribution in [0.5, 0.6) is 5.75 Å². The Morgan fingerprint density at radius 3 is 2.96 bits per heavy atom. The molecule has 6 heteroatoms. The molecule has 1 atom stereocenters. The van der Waals surface area contributed by atoms with Gasteiger partial charge in [0.1, 0.15) is 12.4 Å². The Labute approximate surface area is 139 Å². The first kappa shape index (κ1) is 16.0. The van der Waals surface area contributed by atoms with Gasteiger partial charge in [0.2, 0.25) is 0 Å². The zero-order chi connectivity index (χ0) is 15.9. The summed E-state index contributed by atoms with van der Waals surface area (Å²) in [5.41, 5.74) is 3.44. The van der Waals surface area contributed by atoms with E-state index >= 15 is 0 Å². The number of amides is 1. The molecule has 0 bridgehead atoms. The van der Waals surface area contributed by atoms with Crippen LogP contribution in [0.25, 0.3) is 0 Å². The lowest BCUT2D eigenvalue weighted by atomic mass is 10.2. The molecule has 1 N–H and O–H groups in total. The van der Waals surface area contributed by atoms with Crippen LogP contribution in [0.1, 0.15) is 28.9 Å². The molecule has 23 heavy (non-hydrogen) atoms. The third-order valence-corrected chi connectivity index (χ3v) is 4.36. The van der Waals surface area contributed by atoms with Crippen LogP contribution in [0, 0.1) is 0 Å². The van der Waals surface area contributed by atoms with E-state index in [2.05, 4.69) is 10.3 Å². The third-order valence-electron chi connectivity index (χ3n) is 3.73. The van der Waals surface area contributed by atoms with Crippen molar-refractivity contribution in [1.29, 1.82) is 0 Å². The summed E-state index contributed by atoms with van der Waals surface area (Å²) in [4.78, 5) is 16.3. The highest BCUT2D eigenvalue weighted by Crippen LogP contribution is 2.16. The molecule has 2 heterocycles. The first-order valence-corrected chi connectivity index (χ1v) is 8.75. The van der Waals surface area contributed by atoms with Crippen molar-refractivity contribution in [2.75, 3.05) is 19.8 Å². The number of thiazole rings is 1. The van der Waals surface area contributed by atoms with Crippen LogP contribution in [0.2, 0.25) is 0 Å². The Balaban J connectivity index is 1.43. The second-order valence-electron chi connectivity index (χ2n) is 5.46. The highest BCUT2D eigenvalue weighted by atomic mass is 32.1. The second-order valence-corrected chi connectivity index (χ2v) is 6.17. The molecule has 1 amide bonds. The lowest BCUT2D eigenvalue weighted by Crippen LogP contribution is -2.25. The molecule has 0 radical (unpaired) electrons. The molecule has 0 spiro atoms. The van der Waals surface area contributed by atoms with Gasteiger partial charge in [0.15, 0.2) is 0 Å². The van der Waals surface area contributed by atoms with Gasteiger partial charge >= 0.3 is 0 Å². The standard InChI is InChI=1S/C17H20N2O3S/c20-17(18-8-7-14-11-23-12-19-14)13-3-5-15(6-4-13)22-10-16-2-1-9-21-16/h3-6,11-12,16H,1-2,7-10H2,(H,18,20)/t16-/m0/s1. The lowest BCUT2D eigenvalue weighted by Gasteiger charge is -2.11. The van der Waals surface area contributed by atoms with Crippen molar-refractivity contribution in [3.05, 3.63) is 46.4 Å². The Bertz CT molecular complexity index is 607. The molecule has 1 aliphatic rings. The maximum Gasteiger partial charge on any atom is 0.251 e. The number of ether oxygens (including phenoxy) is 2. The van der Waals surface area contributed by atoms with Crippen molar-refractivity contribution in [3.8, 4) is 5.75 Å². The van der Waals surface area contributed by atoms with Crippen molar-refractivity contribution >= 4 is 17.2 Å². The summed E-state index contributed by atoms with van der Waals surface area (Å²) in [5, 5.41) is 4.89. The molecule has 1 fully saturated rings. The van der Waals surface area contributed by atoms with E-state index in [1.165, 1.54) is 0 Å². The molecule has 2 aromatic rings. The summed E-state index contributed by atoms with van der Waals surface area (Å²) in [6.45, 7) is 1.98. The maximum absolute atomic E-state index is 12.1. The molecule has 1 aliphatic heterocycles. The molecule has 0 saturated carbocycles. The van der Waals surface area contributed by atoms with E-state index in [0.29, 0.717) is 18.7 Å². The number of carbonyl (C=O) groups is 1. The van der Waals surface area contributed by atoms with Gasteiger partial charge in [-0.3, -0.25) is 4.79 Å². The summed E-state index contributed by atoms with van der Waals surface area (Å²) < 4.78 is 11.2. The van der Waals surface area contributed by atoms with Gasteiger partial charge in [-0.2, -0.15) is 0 Å². The summed E-state index contributed by atoms with van der Waals surface area (Å²) in [6.07, 6.45) is 3.11. The van der Waals surface area contributed by atoms with Gasteiger partial charge in [-0.15, -0.1) is 11.3 Å². The number of benzene rings is 1. The fraction of sp³-hybridized carbons (Fsp3) is 0.412. The lowest BCUT2D eigenvalue weighted by molar-refractivity contribution is 0.0679. The molecule has 1 aromatic heterocycles. The van der Waals surface area contributed by atoms with Gasteiger partial charge in [-0.1, -0.05) is 0 Å². The van der Waals surface area contributed by atoms with Crippen LogP contribution < -0.4 is 10.1 Å². The predicted octanol–water partition coefficient (Wildman–Crippen LogP) is 2.67. The van der Waals surface area contributed by atoms with E-state index < -0.39 is 0 Å². The average Bonchev–Trinajstić information content (AvgIpc) is 3.27. The van der Waals surface area contributed by atoms with Crippen molar-refractivity contribution in [2.24, 2.45) is 0 Å². The second kappa shape index (κ2) is 8.08. The Kier molecular flexibility index (Phi) is 5.60. The van der Waals surface area contributed by atoms with Crippen LogP contribution in [0.4, 0.5) is 0 Å². The van der Waals surface area contributed by atoms with Gasteiger partial charge in [-0.05, 0) is 37.1 Å². The summed E-state index contributed by atoms with van der Waals surface area (Å²) in [5.74, 6) is 0.686. The molecule has 1 saturated heterocycles. The van der Waals surface area contributed by atoms with Crippen molar-refractivity contribution in [1.82, 2.24) is 10.3 Å². The summed E-state index contributed by atoms with van der Waals surface area (Å²) in [6, 6.07) is 7.21. The Morgan fingerprint density at radius 1 is 1.39 bits per heavy atom.